The molecule has 0 spiro atoms. The lowest BCUT2D eigenvalue weighted by Crippen LogP contribution is -2.16. The standard InChI is InChI=1S/C49H35N/c1-49(2)43-25-10-9-23-42(43)48-44(49)26-13-27-45(48)50(36-19-11-18-34(30-36)38-24-12-17-32-14-3-6-20-37(32)38)46-31-35-16-5-7-21-39(35)41-29-28-33-15-4-8-22-40(33)47(41)46/h3-31H,1-2H3. The topological polar surface area (TPSA) is 3.24 Å². The van der Waals surface area contributed by atoms with Crippen LogP contribution in [0.5, 0.6) is 0 Å². The van der Waals surface area contributed by atoms with Gasteiger partial charge in [-0.2, -0.15) is 0 Å². The van der Waals surface area contributed by atoms with Gasteiger partial charge in [-0.05, 0) is 89.8 Å². The average molecular weight is 638 g/mol. The summed E-state index contributed by atoms with van der Waals surface area (Å²) < 4.78 is 0. The molecular formula is C49H35N. The van der Waals surface area contributed by atoms with E-state index in [2.05, 4.69) is 195 Å². The van der Waals surface area contributed by atoms with Gasteiger partial charge in [-0.1, -0.05) is 166 Å². The molecule has 50 heavy (non-hydrogen) atoms. The maximum Gasteiger partial charge on any atom is 0.0552 e. The van der Waals surface area contributed by atoms with Gasteiger partial charge in [0.05, 0.1) is 11.4 Å². The van der Waals surface area contributed by atoms with Crippen molar-refractivity contribution in [3.05, 3.63) is 187 Å². The molecule has 1 aliphatic rings. The molecule has 9 aromatic carbocycles. The van der Waals surface area contributed by atoms with Crippen molar-refractivity contribution < 1.29 is 0 Å². The zero-order valence-electron chi connectivity index (χ0n) is 28.2. The van der Waals surface area contributed by atoms with Crippen molar-refractivity contribution in [1.29, 1.82) is 0 Å². The summed E-state index contributed by atoms with van der Waals surface area (Å²) in [5.74, 6) is 0. The second kappa shape index (κ2) is 10.9. The summed E-state index contributed by atoms with van der Waals surface area (Å²) in [4.78, 5) is 2.55. The lowest BCUT2D eigenvalue weighted by atomic mass is 9.82. The minimum absolute atomic E-state index is 0.115. The van der Waals surface area contributed by atoms with Crippen LogP contribution in [0.3, 0.4) is 0 Å². The van der Waals surface area contributed by atoms with Crippen molar-refractivity contribution in [3.63, 3.8) is 0 Å². The summed E-state index contributed by atoms with van der Waals surface area (Å²) >= 11 is 0. The van der Waals surface area contributed by atoms with Crippen LogP contribution in [0, 0.1) is 0 Å². The molecule has 0 aliphatic heterocycles. The number of benzene rings is 9. The summed E-state index contributed by atoms with van der Waals surface area (Å²) in [5, 5.41) is 10.0. The molecule has 0 amide bonds. The molecule has 236 valence electrons. The smallest absolute Gasteiger partial charge is 0.0552 e. The molecule has 0 N–H and O–H groups in total. The molecule has 0 fully saturated rings. The maximum atomic E-state index is 2.55. The SMILES string of the molecule is CC1(C)c2ccccc2-c2c(N(c3cccc(-c4cccc5ccccc45)c3)c3cc4ccccc4c4ccc5ccccc5c34)cccc21. The Morgan fingerprint density at radius 1 is 0.400 bits per heavy atom. The van der Waals surface area contributed by atoms with Gasteiger partial charge in [-0.3, -0.25) is 0 Å². The molecule has 0 atom stereocenters. The first-order valence-corrected chi connectivity index (χ1v) is 17.5. The zero-order valence-corrected chi connectivity index (χ0v) is 28.2. The van der Waals surface area contributed by atoms with Crippen LogP contribution in [-0.4, -0.2) is 0 Å². The van der Waals surface area contributed by atoms with Crippen molar-refractivity contribution in [1.82, 2.24) is 0 Å². The largest absolute Gasteiger partial charge is 0.309 e. The molecule has 1 nitrogen and oxygen atoms in total. The van der Waals surface area contributed by atoms with Gasteiger partial charge in [-0.15, -0.1) is 0 Å². The average Bonchev–Trinajstić information content (AvgIpc) is 3.41. The van der Waals surface area contributed by atoms with Crippen LogP contribution in [0.25, 0.3) is 65.3 Å². The molecule has 1 aliphatic carbocycles. The fourth-order valence-electron chi connectivity index (χ4n) is 8.66. The highest BCUT2D eigenvalue weighted by molar-refractivity contribution is 6.24. The Balaban J connectivity index is 1.34. The molecule has 0 bridgehead atoms. The number of hydrogen-bond acceptors (Lipinski definition) is 1. The first-order chi connectivity index (χ1) is 24.6. The van der Waals surface area contributed by atoms with E-state index in [-0.39, 0.29) is 5.41 Å². The fraction of sp³-hybridized carbons (Fsp3) is 0.0612. The van der Waals surface area contributed by atoms with E-state index in [1.165, 1.54) is 87.8 Å². The van der Waals surface area contributed by atoms with E-state index in [9.17, 15) is 0 Å². The third kappa shape index (κ3) is 4.20. The van der Waals surface area contributed by atoms with Crippen molar-refractivity contribution in [3.8, 4) is 22.3 Å². The molecule has 9 aromatic rings. The molecule has 0 radical (unpaired) electrons. The molecular weight excluding hydrogens is 603 g/mol. The summed E-state index contributed by atoms with van der Waals surface area (Å²) in [6.45, 7) is 4.73. The highest BCUT2D eigenvalue weighted by atomic mass is 15.1. The first-order valence-electron chi connectivity index (χ1n) is 17.5. The predicted molar refractivity (Wildman–Crippen MR) is 214 cm³/mol. The molecule has 0 saturated carbocycles. The van der Waals surface area contributed by atoms with Gasteiger partial charge in [0.2, 0.25) is 0 Å². The van der Waals surface area contributed by atoms with E-state index in [1.807, 2.05) is 0 Å². The van der Waals surface area contributed by atoms with E-state index in [0.717, 1.165) is 5.69 Å². The summed E-state index contributed by atoms with van der Waals surface area (Å²) in [7, 11) is 0. The quantitative estimate of drug-likeness (QED) is 0.174. The van der Waals surface area contributed by atoms with Gasteiger partial charge in [0.1, 0.15) is 0 Å². The lowest BCUT2D eigenvalue weighted by Gasteiger charge is -2.31. The molecule has 0 aromatic heterocycles. The van der Waals surface area contributed by atoms with Crippen LogP contribution in [-0.2, 0) is 5.41 Å². The van der Waals surface area contributed by atoms with E-state index < -0.39 is 0 Å². The zero-order chi connectivity index (χ0) is 33.4. The van der Waals surface area contributed by atoms with Crippen molar-refractivity contribution >= 4 is 60.2 Å². The summed E-state index contributed by atoms with van der Waals surface area (Å²) in [6, 6.07) is 65.1. The Bertz CT molecular complexity index is 2800. The van der Waals surface area contributed by atoms with Crippen LogP contribution < -0.4 is 4.90 Å². The molecule has 10 rings (SSSR count). The summed E-state index contributed by atoms with van der Waals surface area (Å²) in [5.41, 5.74) is 11.2. The number of hydrogen-bond donors (Lipinski definition) is 0. The van der Waals surface area contributed by atoms with Crippen LogP contribution in [0.4, 0.5) is 17.1 Å². The molecule has 0 saturated heterocycles. The Morgan fingerprint density at radius 2 is 1.02 bits per heavy atom. The van der Waals surface area contributed by atoms with E-state index in [1.54, 1.807) is 0 Å². The van der Waals surface area contributed by atoms with Gasteiger partial charge in [0, 0.05) is 22.1 Å². The molecule has 1 heteroatoms. The Labute approximate surface area is 292 Å². The van der Waals surface area contributed by atoms with Crippen LogP contribution in [0.2, 0.25) is 0 Å². The maximum absolute atomic E-state index is 2.55. The second-order valence-corrected chi connectivity index (χ2v) is 14.1. The highest BCUT2D eigenvalue weighted by Gasteiger charge is 2.38. The first kappa shape index (κ1) is 28.8. The third-order valence-corrected chi connectivity index (χ3v) is 11.0. The van der Waals surface area contributed by atoms with Gasteiger partial charge in [0.25, 0.3) is 0 Å². The Kier molecular flexibility index (Phi) is 6.29. The number of rotatable bonds is 4. The second-order valence-electron chi connectivity index (χ2n) is 14.1. The van der Waals surface area contributed by atoms with Crippen molar-refractivity contribution in [2.24, 2.45) is 0 Å². The van der Waals surface area contributed by atoms with Crippen LogP contribution in [0.15, 0.2) is 176 Å². The Morgan fingerprint density at radius 3 is 1.88 bits per heavy atom. The lowest BCUT2D eigenvalue weighted by molar-refractivity contribution is 0.660. The van der Waals surface area contributed by atoms with E-state index in [0.29, 0.717) is 0 Å². The van der Waals surface area contributed by atoms with Gasteiger partial charge in [-0.25, -0.2) is 0 Å². The Hall–Kier alpha value is -6.18. The van der Waals surface area contributed by atoms with Gasteiger partial charge >= 0.3 is 0 Å². The van der Waals surface area contributed by atoms with Crippen LogP contribution in [0.1, 0.15) is 25.0 Å². The van der Waals surface area contributed by atoms with Gasteiger partial charge in [0.15, 0.2) is 0 Å². The number of nitrogens with zero attached hydrogens (tertiary/aromatic N) is 1. The number of fused-ring (bicyclic) bond motifs is 9. The van der Waals surface area contributed by atoms with Crippen molar-refractivity contribution in [2.45, 2.75) is 19.3 Å². The highest BCUT2D eigenvalue weighted by Crippen LogP contribution is 2.55. The minimum atomic E-state index is -0.115. The number of anilines is 3. The van der Waals surface area contributed by atoms with Gasteiger partial charge < -0.3 is 4.90 Å². The van der Waals surface area contributed by atoms with Crippen LogP contribution >= 0.6 is 0 Å². The third-order valence-electron chi connectivity index (χ3n) is 11.0. The normalized spacial score (nSPS) is 13.2. The minimum Gasteiger partial charge on any atom is -0.309 e. The van der Waals surface area contributed by atoms with Crippen molar-refractivity contribution in [2.75, 3.05) is 4.90 Å². The molecule has 0 heterocycles. The van der Waals surface area contributed by atoms with E-state index >= 15 is 0 Å². The monoisotopic (exact) mass is 637 g/mol. The van der Waals surface area contributed by atoms with E-state index in [4.69, 9.17) is 0 Å². The summed E-state index contributed by atoms with van der Waals surface area (Å²) in [6.07, 6.45) is 0. The predicted octanol–water partition coefficient (Wildman–Crippen LogP) is 13.7. The molecule has 0 unspecified atom stereocenters. The fourth-order valence-corrected chi connectivity index (χ4v) is 8.66.